The highest BCUT2D eigenvalue weighted by molar-refractivity contribution is 5.74. The largest absolute Gasteiger partial charge is 0.389 e. The first-order chi connectivity index (χ1) is 14.0. The van der Waals surface area contributed by atoms with Gasteiger partial charge >= 0.3 is 0 Å². The molecular weight excluding hydrogens is 372 g/mol. The summed E-state index contributed by atoms with van der Waals surface area (Å²) < 4.78 is 12.3. The number of anilines is 1. The summed E-state index contributed by atoms with van der Waals surface area (Å²) in [4.78, 5) is 13.6. The Balaban J connectivity index is 1.82. The summed E-state index contributed by atoms with van der Waals surface area (Å²) in [6.45, 7) is 9.21. The number of hydrogen-bond acceptors (Lipinski definition) is 8. The fourth-order valence-corrected chi connectivity index (χ4v) is 4.18. The van der Waals surface area contributed by atoms with Crippen LogP contribution >= 0.6 is 0 Å². The number of rotatable bonds is 7. The smallest absolute Gasteiger partial charge is 0.198 e. The molecule has 1 fully saturated rings. The molecule has 1 saturated heterocycles. The minimum absolute atomic E-state index is 0.199. The Bertz CT molecular complexity index is 949. The number of nitrogens with zero attached hydrogens (tertiary/aromatic N) is 5. The molecule has 1 aliphatic heterocycles. The predicted octanol–water partition coefficient (Wildman–Crippen LogP) is 2.31. The number of ether oxygens (including phenoxy) is 1. The molecule has 0 aliphatic carbocycles. The molecule has 3 aromatic rings. The zero-order valence-corrected chi connectivity index (χ0v) is 17.1. The van der Waals surface area contributed by atoms with Crippen molar-refractivity contribution in [3.63, 3.8) is 0 Å². The number of nitrogens with two attached hydrogens (primary N) is 1. The van der Waals surface area contributed by atoms with Gasteiger partial charge in [0, 0.05) is 19.5 Å². The van der Waals surface area contributed by atoms with Crippen molar-refractivity contribution in [2.75, 3.05) is 32.0 Å². The first-order valence-electron chi connectivity index (χ1n) is 10.0. The summed E-state index contributed by atoms with van der Waals surface area (Å²) in [5.74, 6) is 0.449. The second-order valence-electron chi connectivity index (χ2n) is 7.95. The van der Waals surface area contributed by atoms with Crippen LogP contribution in [-0.4, -0.2) is 57.0 Å². The van der Waals surface area contributed by atoms with Crippen LogP contribution in [0.5, 0.6) is 0 Å². The highest BCUT2D eigenvalue weighted by Gasteiger charge is 2.49. The topological polar surface area (TPSA) is 104 Å². The van der Waals surface area contributed by atoms with Crippen LogP contribution < -0.4 is 10.6 Å². The Morgan fingerprint density at radius 2 is 1.93 bits per heavy atom. The Morgan fingerprint density at radius 1 is 1.17 bits per heavy atom. The number of benzene rings is 1. The standard InChI is InChI=1S/C20H28N6O3/c1-14(2)12-20(25-8-10-27-11-9-25,15(3)18-19(21)24-29-23-18)28-26-13-22-16-6-4-5-7-17(16)26/h4-7,13-15H,8-12H2,1-3H3,(H2,21,24). The SMILES string of the molecule is CC(C)CC(On1cnc2ccccc21)(C(C)c1nonc1N)N1CCOCC1. The van der Waals surface area contributed by atoms with Crippen molar-refractivity contribution >= 4 is 16.9 Å². The van der Waals surface area contributed by atoms with Crippen molar-refractivity contribution in [2.24, 2.45) is 5.92 Å². The summed E-state index contributed by atoms with van der Waals surface area (Å²) in [6.07, 6.45) is 2.48. The molecule has 1 aliphatic rings. The molecule has 2 aromatic heterocycles. The van der Waals surface area contributed by atoms with E-state index < -0.39 is 5.72 Å². The van der Waals surface area contributed by atoms with Crippen molar-refractivity contribution < 1.29 is 14.2 Å². The summed E-state index contributed by atoms with van der Waals surface area (Å²) in [7, 11) is 0. The van der Waals surface area contributed by atoms with Gasteiger partial charge in [0.25, 0.3) is 0 Å². The summed E-state index contributed by atoms with van der Waals surface area (Å²) in [6, 6.07) is 7.91. The minimum Gasteiger partial charge on any atom is -0.389 e. The molecule has 4 rings (SSSR count). The van der Waals surface area contributed by atoms with Crippen LogP contribution in [0.3, 0.4) is 0 Å². The van der Waals surface area contributed by atoms with Crippen molar-refractivity contribution in [1.82, 2.24) is 24.9 Å². The minimum atomic E-state index is -0.728. The average molecular weight is 400 g/mol. The molecule has 0 spiro atoms. The van der Waals surface area contributed by atoms with Crippen LogP contribution in [-0.2, 0) is 4.74 Å². The van der Waals surface area contributed by atoms with E-state index in [-0.39, 0.29) is 11.7 Å². The molecular formula is C20H28N6O3. The van der Waals surface area contributed by atoms with Gasteiger partial charge in [-0.1, -0.05) is 38.1 Å². The first kappa shape index (κ1) is 19.7. The molecule has 2 atom stereocenters. The van der Waals surface area contributed by atoms with Gasteiger partial charge < -0.3 is 15.3 Å². The second-order valence-corrected chi connectivity index (χ2v) is 7.95. The van der Waals surface area contributed by atoms with Crippen LogP contribution in [0.2, 0.25) is 0 Å². The van der Waals surface area contributed by atoms with E-state index in [0.717, 1.165) is 30.5 Å². The van der Waals surface area contributed by atoms with Gasteiger partial charge in [-0.25, -0.2) is 9.61 Å². The lowest BCUT2D eigenvalue weighted by molar-refractivity contribution is -0.199. The van der Waals surface area contributed by atoms with E-state index in [0.29, 0.717) is 24.8 Å². The third-order valence-corrected chi connectivity index (χ3v) is 5.55. The number of aromatic nitrogens is 4. The van der Waals surface area contributed by atoms with E-state index in [1.165, 1.54) is 0 Å². The van der Waals surface area contributed by atoms with Crippen LogP contribution in [0.1, 0.15) is 38.8 Å². The zero-order chi connectivity index (χ0) is 20.4. The molecule has 1 aromatic carbocycles. The lowest BCUT2D eigenvalue weighted by Crippen LogP contribution is -2.62. The molecule has 0 bridgehead atoms. The van der Waals surface area contributed by atoms with E-state index in [1.54, 1.807) is 11.1 Å². The number of imidazole rings is 1. The van der Waals surface area contributed by atoms with E-state index in [2.05, 4.69) is 41.0 Å². The molecule has 156 valence electrons. The van der Waals surface area contributed by atoms with E-state index in [4.69, 9.17) is 19.9 Å². The third-order valence-electron chi connectivity index (χ3n) is 5.55. The highest BCUT2D eigenvalue weighted by Crippen LogP contribution is 2.39. The van der Waals surface area contributed by atoms with Crippen molar-refractivity contribution in [1.29, 1.82) is 0 Å². The van der Waals surface area contributed by atoms with Gasteiger partial charge in [0.2, 0.25) is 0 Å². The fourth-order valence-electron chi connectivity index (χ4n) is 4.18. The van der Waals surface area contributed by atoms with Crippen LogP contribution in [0.4, 0.5) is 5.82 Å². The Labute approximate surface area is 169 Å². The van der Waals surface area contributed by atoms with Gasteiger partial charge in [0.05, 0.1) is 24.6 Å². The van der Waals surface area contributed by atoms with Gasteiger partial charge in [-0.05, 0) is 23.2 Å². The number of fused-ring (bicyclic) bond motifs is 1. The van der Waals surface area contributed by atoms with Crippen molar-refractivity contribution in [3.05, 3.63) is 36.3 Å². The zero-order valence-electron chi connectivity index (χ0n) is 17.1. The van der Waals surface area contributed by atoms with Crippen molar-refractivity contribution in [3.8, 4) is 0 Å². The number of para-hydroxylation sites is 2. The summed E-state index contributed by atoms with van der Waals surface area (Å²) in [5.41, 5.74) is 7.74. The average Bonchev–Trinajstić information content (AvgIpc) is 3.33. The number of morpholine rings is 1. The summed E-state index contributed by atoms with van der Waals surface area (Å²) in [5, 5.41) is 7.90. The molecule has 9 heteroatoms. The van der Waals surface area contributed by atoms with Gasteiger partial charge in [0.15, 0.2) is 11.5 Å². The van der Waals surface area contributed by atoms with E-state index in [9.17, 15) is 0 Å². The van der Waals surface area contributed by atoms with E-state index in [1.807, 2.05) is 24.3 Å². The highest BCUT2D eigenvalue weighted by atomic mass is 16.7. The Kier molecular flexibility index (Phi) is 5.42. The molecule has 29 heavy (non-hydrogen) atoms. The van der Waals surface area contributed by atoms with Crippen LogP contribution in [0.25, 0.3) is 11.0 Å². The number of hydrogen-bond donors (Lipinski definition) is 1. The molecule has 2 N–H and O–H groups in total. The van der Waals surface area contributed by atoms with E-state index >= 15 is 0 Å². The maximum absolute atomic E-state index is 6.81. The maximum atomic E-state index is 6.81. The van der Waals surface area contributed by atoms with Gasteiger partial charge in [-0.3, -0.25) is 4.90 Å². The molecule has 0 amide bonds. The molecule has 0 radical (unpaired) electrons. The molecule has 0 saturated carbocycles. The van der Waals surface area contributed by atoms with Crippen molar-refractivity contribution in [2.45, 2.75) is 38.8 Å². The summed E-state index contributed by atoms with van der Waals surface area (Å²) >= 11 is 0. The normalized spacial score (nSPS) is 18.8. The second kappa shape index (κ2) is 8.00. The predicted molar refractivity (Wildman–Crippen MR) is 108 cm³/mol. The Hall–Kier alpha value is -2.65. The monoisotopic (exact) mass is 400 g/mol. The quantitative estimate of drug-likeness (QED) is 0.644. The fraction of sp³-hybridized carbons (Fsp3) is 0.550. The molecule has 9 nitrogen and oxygen atoms in total. The first-order valence-corrected chi connectivity index (χ1v) is 10.0. The van der Waals surface area contributed by atoms with Gasteiger partial charge in [-0.15, -0.1) is 0 Å². The van der Waals surface area contributed by atoms with Gasteiger partial charge in [0.1, 0.15) is 17.5 Å². The lowest BCUT2D eigenvalue weighted by Gasteiger charge is -2.48. The Morgan fingerprint density at radius 3 is 2.62 bits per heavy atom. The maximum Gasteiger partial charge on any atom is 0.198 e. The number of nitrogen functional groups attached to an aromatic ring is 1. The molecule has 3 heterocycles. The molecule has 2 unspecified atom stereocenters. The third kappa shape index (κ3) is 3.67. The van der Waals surface area contributed by atoms with Crippen LogP contribution in [0, 0.1) is 5.92 Å². The van der Waals surface area contributed by atoms with Gasteiger partial charge in [-0.2, -0.15) is 4.73 Å². The lowest BCUT2D eigenvalue weighted by atomic mass is 9.85. The van der Waals surface area contributed by atoms with Crippen LogP contribution in [0.15, 0.2) is 35.2 Å².